The number of carbonyl (C=O) groups excluding carboxylic acids is 1. The molecule has 2 N–H and O–H groups in total. The minimum atomic E-state index is -0.492. The van der Waals surface area contributed by atoms with Crippen LogP contribution in [-0.2, 0) is 17.8 Å². The second-order valence-electron chi connectivity index (χ2n) is 7.83. The molecule has 148 valence electrons. The Kier molecular flexibility index (Phi) is 6.57. The first-order chi connectivity index (χ1) is 12.7. The molecule has 0 unspecified atom stereocenters. The lowest BCUT2D eigenvalue weighted by atomic mass is 9.95. The third-order valence-corrected chi connectivity index (χ3v) is 4.86. The van der Waals surface area contributed by atoms with Crippen LogP contribution in [0.25, 0.3) is 10.4 Å². The normalized spacial score (nSPS) is 14.7. The van der Waals surface area contributed by atoms with Crippen molar-refractivity contribution in [2.45, 2.75) is 53.3 Å². The third-order valence-electron chi connectivity index (χ3n) is 4.86. The number of carbonyl (C=O) groups is 1. The van der Waals surface area contributed by atoms with Crippen molar-refractivity contribution in [2.24, 2.45) is 10.8 Å². The Labute approximate surface area is 160 Å². The molecule has 1 saturated heterocycles. The Morgan fingerprint density at radius 2 is 1.89 bits per heavy atom. The summed E-state index contributed by atoms with van der Waals surface area (Å²) in [5.41, 5.74) is 19.5. The molecular formula is C19H30N6O2. The molecule has 1 aliphatic rings. The highest BCUT2D eigenvalue weighted by molar-refractivity contribution is 5.69. The van der Waals surface area contributed by atoms with E-state index in [1.807, 2.05) is 27.7 Å². The van der Waals surface area contributed by atoms with Crippen LogP contribution in [0.3, 0.4) is 0 Å². The third kappa shape index (κ3) is 5.05. The first kappa shape index (κ1) is 20.9. The molecule has 8 nitrogen and oxygen atoms in total. The van der Waals surface area contributed by atoms with Gasteiger partial charge in [-0.2, -0.15) is 0 Å². The topological polar surface area (TPSA) is 108 Å². The zero-order chi connectivity index (χ0) is 20.2. The number of nitrogens with zero attached hydrogens (tertiary/aromatic N) is 5. The van der Waals surface area contributed by atoms with Gasteiger partial charge < -0.3 is 20.3 Å². The highest BCUT2D eigenvalue weighted by Gasteiger charge is 2.27. The Bertz CT molecular complexity index is 742. The second kappa shape index (κ2) is 8.50. The van der Waals surface area contributed by atoms with Crippen molar-refractivity contribution in [2.75, 3.05) is 31.1 Å². The van der Waals surface area contributed by atoms with Gasteiger partial charge in [-0.1, -0.05) is 5.11 Å². The van der Waals surface area contributed by atoms with E-state index < -0.39 is 5.60 Å². The maximum atomic E-state index is 12.3. The predicted molar refractivity (Wildman–Crippen MR) is 107 cm³/mol. The van der Waals surface area contributed by atoms with Crippen LogP contribution in [0.1, 0.15) is 43.0 Å². The average Bonchev–Trinajstić information content (AvgIpc) is 2.60. The summed E-state index contributed by atoms with van der Waals surface area (Å²) in [6.07, 6.45) is -0.269. The Morgan fingerprint density at radius 1 is 1.26 bits per heavy atom. The molecule has 0 saturated carbocycles. The number of hydrogen-bond acceptors (Lipinski definition) is 5. The van der Waals surface area contributed by atoms with Crippen molar-refractivity contribution in [1.29, 1.82) is 0 Å². The summed E-state index contributed by atoms with van der Waals surface area (Å²) in [6, 6.07) is 2.08. The minimum absolute atomic E-state index is 0.269. The number of azide groups is 1. The second-order valence-corrected chi connectivity index (χ2v) is 7.83. The van der Waals surface area contributed by atoms with Crippen LogP contribution in [0.5, 0.6) is 0 Å². The van der Waals surface area contributed by atoms with E-state index in [4.69, 9.17) is 16.0 Å². The lowest BCUT2D eigenvalue weighted by molar-refractivity contribution is 0.0240. The lowest BCUT2D eigenvalue weighted by Crippen LogP contribution is -2.50. The Morgan fingerprint density at radius 3 is 2.41 bits per heavy atom. The molecule has 0 aromatic heterocycles. The fourth-order valence-corrected chi connectivity index (χ4v) is 3.37. The molecule has 27 heavy (non-hydrogen) atoms. The number of hydrogen-bond donors (Lipinski definition) is 1. The van der Waals surface area contributed by atoms with E-state index >= 15 is 0 Å². The van der Waals surface area contributed by atoms with Gasteiger partial charge in [0.2, 0.25) is 0 Å². The number of piperazine rings is 1. The molecule has 1 aromatic carbocycles. The summed E-state index contributed by atoms with van der Waals surface area (Å²) in [7, 11) is 0. The predicted octanol–water partition coefficient (Wildman–Crippen LogP) is 3.63. The SMILES string of the molecule is Cc1c(CN=[N+]=[N-])cc(N2CCN(C(=O)OC(C)(C)C)CC2)c(C)c1CN. The van der Waals surface area contributed by atoms with Crippen molar-refractivity contribution >= 4 is 11.8 Å². The fraction of sp³-hybridized carbons (Fsp3) is 0.632. The van der Waals surface area contributed by atoms with Gasteiger partial charge in [-0.15, -0.1) is 0 Å². The standard InChI is InChI=1S/C19H30N6O2/c1-13-15(12-22-23-21)10-17(14(2)16(13)11-20)24-6-8-25(9-7-24)18(26)27-19(3,4)5/h10H,6-9,11-12,20H2,1-5H3. The number of ether oxygens (including phenoxy) is 1. The van der Waals surface area contributed by atoms with Crippen LogP contribution in [0, 0.1) is 13.8 Å². The molecule has 0 atom stereocenters. The maximum absolute atomic E-state index is 12.3. The number of rotatable bonds is 4. The van der Waals surface area contributed by atoms with Gasteiger partial charge >= 0.3 is 6.09 Å². The monoisotopic (exact) mass is 374 g/mol. The zero-order valence-electron chi connectivity index (χ0n) is 16.9. The molecule has 1 aromatic rings. The van der Waals surface area contributed by atoms with E-state index in [0.29, 0.717) is 39.3 Å². The average molecular weight is 374 g/mol. The number of benzene rings is 1. The lowest BCUT2D eigenvalue weighted by Gasteiger charge is -2.38. The molecule has 0 radical (unpaired) electrons. The van der Waals surface area contributed by atoms with Crippen LogP contribution in [-0.4, -0.2) is 42.8 Å². The number of anilines is 1. The van der Waals surface area contributed by atoms with E-state index in [-0.39, 0.29) is 6.09 Å². The van der Waals surface area contributed by atoms with Crippen molar-refractivity contribution in [3.8, 4) is 0 Å². The fourth-order valence-electron chi connectivity index (χ4n) is 3.37. The van der Waals surface area contributed by atoms with E-state index in [1.165, 1.54) is 0 Å². The molecule has 1 amide bonds. The minimum Gasteiger partial charge on any atom is -0.444 e. The van der Waals surface area contributed by atoms with Crippen molar-refractivity contribution in [1.82, 2.24) is 4.90 Å². The van der Waals surface area contributed by atoms with Gasteiger partial charge in [0.15, 0.2) is 0 Å². The molecule has 2 rings (SSSR count). The highest BCUT2D eigenvalue weighted by Crippen LogP contribution is 2.30. The van der Waals surface area contributed by atoms with Crippen molar-refractivity contribution in [3.63, 3.8) is 0 Å². The number of amides is 1. The summed E-state index contributed by atoms with van der Waals surface area (Å²) in [4.78, 5) is 19.1. The van der Waals surface area contributed by atoms with E-state index in [2.05, 4.69) is 27.9 Å². The van der Waals surface area contributed by atoms with Crippen LogP contribution < -0.4 is 10.6 Å². The van der Waals surface area contributed by atoms with Gasteiger partial charge in [0.1, 0.15) is 5.60 Å². The van der Waals surface area contributed by atoms with E-state index in [9.17, 15) is 4.79 Å². The van der Waals surface area contributed by atoms with Gasteiger partial charge in [-0.25, -0.2) is 4.79 Å². The van der Waals surface area contributed by atoms with Gasteiger partial charge in [-0.05, 0) is 68.5 Å². The highest BCUT2D eigenvalue weighted by atomic mass is 16.6. The quantitative estimate of drug-likeness (QED) is 0.493. The zero-order valence-corrected chi connectivity index (χ0v) is 16.9. The molecular weight excluding hydrogens is 344 g/mol. The summed E-state index contributed by atoms with van der Waals surface area (Å²) < 4.78 is 5.46. The molecule has 1 fully saturated rings. The van der Waals surface area contributed by atoms with Crippen molar-refractivity contribution < 1.29 is 9.53 Å². The summed E-state index contributed by atoms with van der Waals surface area (Å²) >= 11 is 0. The number of nitrogens with two attached hydrogens (primary N) is 1. The van der Waals surface area contributed by atoms with Crippen LogP contribution in [0.2, 0.25) is 0 Å². The summed E-state index contributed by atoms with van der Waals surface area (Å²) in [5.74, 6) is 0. The van der Waals surface area contributed by atoms with Crippen LogP contribution in [0.15, 0.2) is 11.2 Å². The first-order valence-corrected chi connectivity index (χ1v) is 9.23. The molecule has 8 heteroatoms. The van der Waals surface area contributed by atoms with E-state index in [0.717, 1.165) is 27.9 Å². The van der Waals surface area contributed by atoms with E-state index in [1.54, 1.807) is 4.90 Å². The summed E-state index contributed by atoms with van der Waals surface area (Å²) in [5, 5.41) is 3.72. The van der Waals surface area contributed by atoms with Gasteiger partial charge in [0.05, 0.1) is 6.54 Å². The molecule has 0 bridgehead atoms. The van der Waals surface area contributed by atoms with Gasteiger partial charge in [0.25, 0.3) is 0 Å². The van der Waals surface area contributed by atoms with Gasteiger partial charge in [-0.3, -0.25) is 0 Å². The molecule has 0 aliphatic carbocycles. The molecule has 1 aliphatic heterocycles. The largest absolute Gasteiger partial charge is 0.444 e. The van der Waals surface area contributed by atoms with Crippen LogP contribution in [0.4, 0.5) is 10.5 Å². The Balaban J connectivity index is 2.20. The summed E-state index contributed by atoms with van der Waals surface area (Å²) in [6.45, 7) is 13.1. The van der Waals surface area contributed by atoms with Gasteiger partial charge in [0, 0.05) is 43.3 Å². The smallest absolute Gasteiger partial charge is 0.410 e. The van der Waals surface area contributed by atoms with Crippen molar-refractivity contribution in [3.05, 3.63) is 38.8 Å². The maximum Gasteiger partial charge on any atom is 0.410 e. The van der Waals surface area contributed by atoms with Crippen LogP contribution >= 0.6 is 0 Å². The first-order valence-electron chi connectivity index (χ1n) is 9.23. The molecule has 1 heterocycles. The Hall–Kier alpha value is -2.44. The molecule has 0 spiro atoms.